The van der Waals surface area contributed by atoms with Gasteiger partial charge in [0.25, 0.3) is 5.91 Å². The maximum atomic E-state index is 13.3. The summed E-state index contributed by atoms with van der Waals surface area (Å²) >= 11 is 0. The Hall–Kier alpha value is -2.35. The average Bonchev–Trinajstić information content (AvgIpc) is 3.45. The van der Waals surface area contributed by atoms with Crippen molar-refractivity contribution < 1.29 is 23.8 Å². The zero-order valence-corrected chi connectivity index (χ0v) is 16.5. The molecule has 0 N–H and O–H groups in total. The molecule has 1 aromatic heterocycles. The summed E-state index contributed by atoms with van der Waals surface area (Å²) in [6.07, 6.45) is 3.44. The second-order valence-electron chi connectivity index (χ2n) is 7.86. The van der Waals surface area contributed by atoms with Gasteiger partial charge in [-0.2, -0.15) is 4.98 Å². The second-order valence-corrected chi connectivity index (χ2v) is 7.86. The van der Waals surface area contributed by atoms with Crippen LogP contribution in [0.2, 0.25) is 0 Å². The molecule has 3 fully saturated rings. The topological polar surface area (TPSA) is 81.2 Å². The summed E-state index contributed by atoms with van der Waals surface area (Å²) in [4.78, 5) is 34.2. The lowest BCUT2D eigenvalue weighted by molar-refractivity contribution is -0.136. The maximum Gasteiger partial charge on any atom is 0.259 e. The molecule has 1 aliphatic carbocycles. The van der Waals surface area contributed by atoms with E-state index in [2.05, 4.69) is 4.98 Å². The van der Waals surface area contributed by atoms with E-state index in [1.807, 2.05) is 4.90 Å². The van der Waals surface area contributed by atoms with Gasteiger partial charge in [0, 0.05) is 38.7 Å². The van der Waals surface area contributed by atoms with Gasteiger partial charge in [0.2, 0.25) is 17.7 Å². The number of hydrogen-bond donors (Lipinski definition) is 0. The van der Waals surface area contributed by atoms with E-state index < -0.39 is 5.54 Å². The van der Waals surface area contributed by atoms with Gasteiger partial charge in [-0.15, -0.1) is 0 Å². The summed E-state index contributed by atoms with van der Waals surface area (Å²) in [5.41, 5.74) is -0.0562. The number of carbonyl (C=O) groups is 2. The minimum atomic E-state index is -0.432. The Bertz CT molecular complexity index is 758. The summed E-state index contributed by atoms with van der Waals surface area (Å²) in [5.74, 6) is 1.14. The normalized spacial score (nSPS) is 25.1. The van der Waals surface area contributed by atoms with E-state index in [1.165, 1.54) is 27.1 Å². The Balaban J connectivity index is 1.61. The minimum Gasteiger partial charge on any atom is -0.481 e. The molecule has 2 saturated heterocycles. The fourth-order valence-electron chi connectivity index (χ4n) is 4.14. The van der Waals surface area contributed by atoms with Gasteiger partial charge in [-0.25, -0.2) is 0 Å². The predicted molar refractivity (Wildman–Crippen MR) is 100 cm³/mol. The number of hydrogen-bond acceptors (Lipinski definition) is 6. The highest BCUT2D eigenvalue weighted by molar-refractivity contribution is 5.97. The minimum absolute atomic E-state index is 0.118. The van der Waals surface area contributed by atoms with Gasteiger partial charge in [-0.05, 0) is 31.2 Å². The van der Waals surface area contributed by atoms with Gasteiger partial charge in [-0.1, -0.05) is 0 Å². The summed E-state index contributed by atoms with van der Waals surface area (Å²) in [6.45, 7) is 2.73. The highest BCUT2D eigenvalue weighted by Gasteiger charge is 2.48. The van der Waals surface area contributed by atoms with Gasteiger partial charge >= 0.3 is 0 Å². The van der Waals surface area contributed by atoms with Crippen molar-refractivity contribution in [1.29, 1.82) is 0 Å². The molecule has 1 spiro atoms. The zero-order chi connectivity index (χ0) is 19.7. The smallest absolute Gasteiger partial charge is 0.259 e. The molecule has 4 rings (SSSR count). The lowest BCUT2D eigenvalue weighted by atomic mass is 9.94. The molecule has 2 aliphatic heterocycles. The van der Waals surface area contributed by atoms with E-state index in [9.17, 15) is 9.59 Å². The number of carbonyl (C=O) groups excluding carboxylic acids is 2. The summed E-state index contributed by atoms with van der Waals surface area (Å²) in [6, 6.07) is 3.31. The van der Waals surface area contributed by atoms with Crippen molar-refractivity contribution in [2.75, 3.05) is 47.1 Å². The van der Waals surface area contributed by atoms with Crippen molar-refractivity contribution in [2.24, 2.45) is 5.92 Å². The van der Waals surface area contributed by atoms with Gasteiger partial charge in [0.05, 0.1) is 26.4 Å². The fraction of sp³-hybridized carbons (Fsp3) is 0.650. The molecule has 1 aromatic rings. The van der Waals surface area contributed by atoms with Crippen LogP contribution in [0.15, 0.2) is 12.1 Å². The molecule has 28 heavy (non-hydrogen) atoms. The molecule has 3 heterocycles. The van der Waals surface area contributed by atoms with Crippen LogP contribution in [0, 0.1) is 5.92 Å². The maximum absolute atomic E-state index is 13.3. The first kappa shape index (κ1) is 19.0. The van der Waals surface area contributed by atoms with Crippen molar-refractivity contribution >= 4 is 11.8 Å². The lowest BCUT2D eigenvalue weighted by Gasteiger charge is -2.40. The Morgan fingerprint density at radius 1 is 1.32 bits per heavy atom. The quantitative estimate of drug-likeness (QED) is 0.756. The molecule has 0 radical (unpaired) electrons. The Kier molecular flexibility index (Phi) is 5.14. The number of amides is 2. The summed E-state index contributed by atoms with van der Waals surface area (Å²) in [7, 11) is 3.00. The van der Waals surface area contributed by atoms with Gasteiger partial charge in [-0.3, -0.25) is 9.59 Å². The van der Waals surface area contributed by atoms with Crippen LogP contribution >= 0.6 is 0 Å². The van der Waals surface area contributed by atoms with Crippen LogP contribution in [0.1, 0.15) is 36.0 Å². The van der Waals surface area contributed by atoms with Crippen LogP contribution in [-0.4, -0.2) is 79.2 Å². The molecule has 0 bridgehead atoms. The van der Waals surface area contributed by atoms with Gasteiger partial charge in [0.15, 0.2) is 0 Å². The molecule has 1 saturated carbocycles. The van der Waals surface area contributed by atoms with E-state index in [0.717, 1.165) is 13.0 Å². The second kappa shape index (κ2) is 7.58. The lowest BCUT2D eigenvalue weighted by Crippen LogP contribution is -2.57. The highest BCUT2D eigenvalue weighted by atomic mass is 16.5. The highest BCUT2D eigenvalue weighted by Crippen LogP contribution is 2.37. The average molecular weight is 389 g/mol. The third-order valence-electron chi connectivity index (χ3n) is 5.93. The SMILES string of the molecule is COc1ccc(C(=O)N2CCC(=O)N(CC3CC3)C3(CCOC3)C2)c(OC)n1. The molecular formula is C20H27N3O5. The largest absolute Gasteiger partial charge is 0.481 e. The van der Waals surface area contributed by atoms with Gasteiger partial charge < -0.3 is 24.0 Å². The standard InChI is InChI=1S/C20H27N3O5/c1-26-16-6-5-15(18(21-16)27-2)19(25)22-9-7-17(24)23(11-14-3-4-14)20(12-22)8-10-28-13-20/h5-6,14H,3-4,7-13H2,1-2H3. The van der Waals surface area contributed by atoms with Crippen LogP contribution in [0.5, 0.6) is 11.8 Å². The Labute approximate surface area is 164 Å². The van der Waals surface area contributed by atoms with E-state index >= 15 is 0 Å². The van der Waals surface area contributed by atoms with Crippen LogP contribution < -0.4 is 9.47 Å². The van der Waals surface area contributed by atoms with E-state index in [4.69, 9.17) is 14.2 Å². The number of nitrogens with zero attached hydrogens (tertiary/aromatic N) is 3. The number of ether oxygens (including phenoxy) is 3. The van der Waals surface area contributed by atoms with Crippen molar-refractivity contribution in [3.63, 3.8) is 0 Å². The van der Waals surface area contributed by atoms with Gasteiger partial charge in [0.1, 0.15) is 5.56 Å². The van der Waals surface area contributed by atoms with E-state index in [-0.39, 0.29) is 17.7 Å². The summed E-state index contributed by atoms with van der Waals surface area (Å²) < 4.78 is 16.1. The molecule has 0 aromatic carbocycles. The molecule has 8 nitrogen and oxygen atoms in total. The molecule has 8 heteroatoms. The van der Waals surface area contributed by atoms with Crippen LogP contribution in [0.3, 0.4) is 0 Å². The van der Waals surface area contributed by atoms with E-state index in [1.54, 1.807) is 17.0 Å². The molecular weight excluding hydrogens is 362 g/mol. The number of pyridine rings is 1. The molecule has 3 aliphatic rings. The fourth-order valence-corrected chi connectivity index (χ4v) is 4.14. The Morgan fingerprint density at radius 2 is 2.14 bits per heavy atom. The number of rotatable bonds is 5. The van der Waals surface area contributed by atoms with Crippen molar-refractivity contribution in [3.05, 3.63) is 17.7 Å². The molecule has 152 valence electrons. The van der Waals surface area contributed by atoms with E-state index in [0.29, 0.717) is 50.1 Å². The van der Waals surface area contributed by atoms with Crippen molar-refractivity contribution in [1.82, 2.24) is 14.8 Å². The van der Waals surface area contributed by atoms with Crippen LogP contribution in [-0.2, 0) is 9.53 Å². The predicted octanol–water partition coefficient (Wildman–Crippen LogP) is 1.34. The number of aromatic nitrogens is 1. The van der Waals surface area contributed by atoms with Crippen molar-refractivity contribution in [3.8, 4) is 11.8 Å². The number of methoxy groups -OCH3 is 2. The van der Waals surface area contributed by atoms with Crippen LogP contribution in [0.25, 0.3) is 0 Å². The third kappa shape index (κ3) is 3.53. The molecule has 1 unspecified atom stereocenters. The first-order chi connectivity index (χ1) is 13.6. The summed E-state index contributed by atoms with van der Waals surface area (Å²) in [5, 5.41) is 0. The Morgan fingerprint density at radius 3 is 2.79 bits per heavy atom. The van der Waals surface area contributed by atoms with Crippen LogP contribution in [0.4, 0.5) is 0 Å². The zero-order valence-electron chi connectivity index (χ0n) is 16.5. The first-order valence-electron chi connectivity index (χ1n) is 9.83. The first-order valence-corrected chi connectivity index (χ1v) is 9.83. The molecule has 2 amide bonds. The van der Waals surface area contributed by atoms with Crippen molar-refractivity contribution in [2.45, 2.75) is 31.2 Å². The third-order valence-corrected chi connectivity index (χ3v) is 5.93. The molecule has 1 atom stereocenters. The monoisotopic (exact) mass is 389 g/mol.